The maximum atomic E-state index is 9.02. The van der Waals surface area contributed by atoms with Crippen LogP contribution < -0.4 is 0 Å². The summed E-state index contributed by atoms with van der Waals surface area (Å²) in [4.78, 5) is 0. The molecule has 1 heterocycles. The third-order valence-corrected chi connectivity index (χ3v) is 2.32. The Balaban J connectivity index is 2.39. The molecule has 1 N–H and O–H groups in total. The van der Waals surface area contributed by atoms with Crippen molar-refractivity contribution in [3.8, 4) is 0 Å². The lowest BCUT2D eigenvalue weighted by Gasteiger charge is -2.11. The third kappa shape index (κ3) is 1.19. The molecule has 0 amide bonds. The minimum Gasteiger partial charge on any atom is -0.392 e. The lowest BCUT2D eigenvalue weighted by atomic mass is 10.2. The second-order valence-electron chi connectivity index (χ2n) is 2.44. The second-order valence-corrected chi connectivity index (χ2v) is 3.10. The maximum Gasteiger partial charge on any atom is 0.0685 e. The molecular formula is C5H12NOP. The normalized spacial score (nSPS) is 40.9. The highest BCUT2D eigenvalue weighted by Gasteiger charge is 2.23. The van der Waals surface area contributed by atoms with Gasteiger partial charge in [-0.1, -0.05) is 9.39 Å². The monoisotopic (exact) mass is 133 g/mol. The van der Waals surface area contributed by atoms with E-state index in [-0.39, 0.29) is 6.10 Å². The molecule has 1 rings (SSSR count). The average Bonchev–Trinajstić information content (AvgIpc) is 1.85. The highest BCUT2D eigenvalue weighted by atomic mass is 31.0. The van der Waals surface area contributed by atoms with E-state index in [2.05, 4.69) is 21.0 Å². The number of aliphatic hydroxyl groups excluding tert-OH is 1. The zero-order valence-corrected chi connectivity index (χ0v) is 6.20. The van der Waals surface area contributed by atoms with E-state index in [4.69, 9.17) is 5.11 Å². The van der Waals surface area contributed by atoms with Gasteiger partial charge in [-0.05, 0) is 13.3 Å². The molecule has 1 fully saturated rings. The Kier molecular flexibility index (Phi) is 1.86. The van der Waals surface area contributed by atoms with Gasteiger partial charge >= 0.3 is 0 Å². The van der Waals surface area contributed by atoms with Crippen molar-refractivity contribution in [1.29, 1.82) is 0 Å². The van der Waals surface area contributed by atoms with Crippen LogP contribution in [0.1, 0.15) is 13.3 Å². The molecule has 1 saturated heterocycles. The number of β-amino-alcohol motifs (C(OH)–C–C–N with tert-alkyl or cyclic N) is 1. The van der Waals surface area contributed by atoms with Crippen molar-refractivity contribution in [2.75, 3.05) is 6.54 Å². The van der Waals surface area contributed by atoms with Crippen molar-refractivity contribution in [2.45, 2.75) is 25.5 Å². The summed E-state index contributed by atoms with van der Waals surface area (Å²) >= 11 is 0. The van der Waals surface area contributed by atoms with Crippen LogP contribution in [0.25, 0.3) is 0 Å². The first-order valence-corrected chi connectivity index (χ1v) is 3.41. The van der Waals surface area contributed by atoms with E-state index in [1.807, 2.05) is 0 Å². The first-order valence-electron chi connectivity index (χ1n) is 2.89. The molecule has 0 aromatic rings. The Labute approximate surface area is 52.1 Å². The van der Waals surface area contributed by atoms with Gasteiger partial charge in [-0.25, -0.2) is 0 Å². The predicted octanol–water partition coefficient (Wildman–Crippen LogP) is 0.232. The van der Waals surface area contributed by atoms with Gasteiger partial charge in [0.05, 0.1) is 6.10 Å². The van der Waals surface area contributed by atoms with E-state index in [9.17, 15) is 0 Å². The molecule has 0 aliphatic carbocycles. The van der Waals surface area contributed by atoms with Gasteiger partial charge in [-0.3, -0.25) is 4.67 Å². The van der Waals surface area contributed by atoms with Gasteiger partial charge in [-0.2, -0.15) is 0 Å². The number of rotatable bonds is 0. The first kappa shape index (κ1) is 6.47. The van der Waals surface area contributed by atoms with E-state index in [0.717, 1.165) is 13.0 Å². The van der Waals surface area contributed by atoms with Gasteiger partial charge in [0, 0.05) is 12.6 Å². The van der Waals surface area contributed by atoms with Crippen molar-refractivity contribution in [2.24, 2.45) is 0 Å². The van der Waals surface area contributed by atoms with E-state index in [1.54, 1.807) is 0 Å². The molecule has 0 spiro atoms. The molecule has 0 bridgehead atoms. The van der Waals surface area contributed by atoms with Crippen LogP contribution in [-0.4, -0.2) is 28.5 Å². The fourth-order valence-electron chi connectivity index (χ4n) is 1.03. The topological polar surface area (TPSA) is 23.5 Å². The molecule has 2 nitrogen and oxygen atoms in total. The van der Waals surface area contributed by atoms with Crippen LogP contribution in [0.5, 0.6) is 0 Å². The molecule has 1 unspecified atom stereocenters. The van der Waals surface area contributed by atoms with Gasteiger partial charge < -0.3 is 5.11 Å². The number of aliphatic hydroxyl groups is 1. The second kappa shape index (κ2) is 2.30. The fraction of sp³-hybridized carbons (Fsp3) is 1.00. The van der Waals surface area contributed by atoms with Crippen molar-refractivity contribution >= 4 is 9.39 Å². The Morgan fingerprint density at radius 1 is 1.75 bits per heavy atom. The zero-order chi connectivity index (χ0) is 6.15. The largest absolute Gasteiger partial charge is 0.392 e. The van der Waals surface area contributed by atoms with Gasteiger partial charge in [-0.15, -0.1) is 0 Å². The number of nitrogens with zero attached hydrogens (tertiary/aromatic N) is 1. The minimum atomic E-state index is -0.0949. The quantitative estimate of drug-likeness (QED) is 0.478. The summed E-state index contributed by atoms with van der Waals surface area (Å²) in [7, 11) is 2.61. The summed E-state index contributed by atoms with van der Waals surface area (Å²) in [5.74, 6) is 0. The van der Waals surface area contributed by atoms with Crippen LogP contribution in [0.15, 0.2) is 0 Å². The maximum absolute atomic E-state index is 9.02. The fourth-order valence-corrected chi connectivity index (χ4v) is 1.39. The molecule has 8 heavy (non-hydrogen) atoms. The Morgan fingerprint density at radius 2 is 2.38 bits per heavy atom. The molecule has 0 saturated carbocycles. The van der Waals surface area contributed by atoms with Gasteiger partial charge in [0.1, 0.15) is 0 Å². The number of hydrogen-bond donors (Lipinski definition) is 1. The third-order valence-electron chi connectivity index (χ3n) is 1.60. The Bertz CT molecular complexity index is 78.5. The summed E-state index contributed by atoms with van der Waals surface area (Å²) in [6.07, 6.45) is 0.825. The van der Waals surface area contributed by atoms with Gasteiger partial charge in [0.15, 0.2) is 0 Å². The average molecular weight is 133 g/mol. The van der Waals surface area contributed by atoms with Crippen LogP contribution >= 0.6 is 9.39 Å². The van der Waals surface area contributed by atoms with Crippen molar-refractivity contribution < 1.29 is 5.11 Å². The summed E-state index contributed by atoms with van der Waals surface area (Å²) < 4.78 is 2.09. The molecular weight excluding hydrogens is 121 g/mol. The Hall–Kier alpha value is 0.350. The summed E-state index contributed by atoms with van der Waals surface area (Å²) in [5.41, 5.74) is 0. The summed E-state index contributed by atoms with van der Waals surface area (Å²) in [5, 5.41) is 9.02. The molecule has 0 radical (unpaired) electrons. The lowest BCUT2D eigenvalue weighted by molar-refractivity contribution is 0.190. The smallest absolute Gasteiger partial charge is 0.0685 e. The summed E-state index contributed by atoms with van der Waals surface area (Å²) in [6.45, 7) is 2.93. The standard InChI is InChI=1S/C5H12NOP/c1-4-2-5(7)3-6(4)8/h4-5,7H,2-3,8H2,1H3/t4-,5+/m1/s1. The van der Waals surface area contributed by atoms with E-state index in [1.165, 1.54) is 0 Å². The zero-order valence-electron chi connectivity index (χ0n) is 5.04. The molecule has 48 valence electrons. The first-order chi connectivity index (χ1) is 3.70. The molecule has 0 aromatic carbocycles. The van der Waals surface area contributed by atoms with E-state index < -0.39 is 0 Å². The summed E-state index contributed by atoms with van der Waals surface area (Å²) in [6, 6.07) is 0.537. The van der Waals surface area contributed by atoms with Gasteiger partial charge in [0.25, 0.3) is 0 Å². The van der Waals surface area contributed by atoms with Crippen LogP contribution in [0.2, 0.25) is 0 Å². The molecule has 3 heteroatoms. The van der Waals surface area contributed by atoms with Crippen LogP contribution in [0.3, 0.4) is 0 Å². The number of hydrogen-bond acceptors (Lipinski definition) is 2. The van der Waals surface area contributed by atoms with Crippen molar-refractivity contribution in [1.82, 2.24) is 4.67 Å². The van der Waals surface area contributed by atoms with Crippen molar-refractivity contribution in [3.05, 3.63) is 0 Å². The highest BCUT2D eigenvalue weighted by Crippen LogP contribution is 2.19. The molecule has 0 aromatic heterocycles. The SMILES string of the molecule is C[C@@H]1C[C@H](O)CN1P. The van der Waals surface area contributed by atoms with Crippen LogP contribution in [-0.2, 0) is 0 Å². The molecule has 1 aliphatic heterocycles. The Morgan fingerprint density at radius 3 is 2.50 bits per heavy atom. The molecule has 1 aliphatic rings. The lowest BCUT2D eigenvalue weighted by Crippen LogP contribution is -2.14. The van der Waals surface area contributed by atoms with E-state index >= 15 is 0 Å². The van der Waals surface area contributed by atoms with E-state index in [0.29, 0.717) is 6.04 Å². The van der Waals surface area contributed by atoms with Crippen LogP contribution in [0.4, 0.5) is 0 Å². The van der Waals surface area contributed by atoms with Crippen LogP contribution in [0, 0.1) is 0 Å². The van der Waals surface area contributed by atoms with Crippen molar-refractivity contribution in [3.63, 3.8) is 0 Å². The minimum absolute atomic E-state index is 0.0949. The molecule has 3 atom stereocenters. The highest BCUT2D eigenvalue weighted by molar-refractivity contribution is 7.13. The predicted molar refractivity (Wildman–Crippen MR) is 36.5 cm³/mol. The van der Waals surface area contributed by atoms with Gasteiger partial charge in [0.2, 0.25) is 0 Å².